The first-order chi connectivity index (χ1) is 7.63. The van der Waals surface area contributed by atoms with Gasteiger partial charge in [-0.25, -0.2) is 0 Å². The first-order valence-corrected chi connectivity index (χ1v) is 6.27. The number of aliphatic hydroxyl groups is 1. The van der Waals surface area contributed by atoms with Crippen LogP contribution in [0.25, 0.3) is 0 Å². The third-order valence-corrected chi connectivity index (χ3v) is 3.57. The highest BCUT2D eigenvalue weighted by Gasteiger charge is 2.18. The number of rotatable bonds is 3. The molecule has 0 saturated carbocycles. The molecule has 0 bridgehead atoms. The van der Waals surface area contributed by atoms with E-state index in [2.05, 4.69) is 5.10 Å². The number of aryl methyl sites for hydroxylation is 3. The topological polar surface area (TPSA) is 38.0 Å². The van der Waals surface area contributed by atoms with Gasteiger partial charge < -0.3 is 5.11 Å². The van der Waals surface area contributed by atoms with Gasteiger partial charge in [0.05, 0.1) is 11.4 Å². The first kappa shape index (κ1) is 11.4. The molecule has 1 N–H and O–H groups in total. The van der Waals surface area contributed by atoms with Gasteiger partial charge in [0.15, 0.2) is 0 Å². The van der Waals surface area contributed by atoms with E-state index in [1.807, 2.05) is 43.0 Å². The Morgan fingerprint density at radius 3 is 2.81 bits per heavy atom. The van der Waals surface area contributed by atoms with Crippen molar-refractivity contribution in [3.05, 3.63) is 39.3 Å². The van der Waals surface area contributed by atoms with Gasteiger partial charge in [0.1, 0.15) is 6.10 Å². The molecule has 2 rings (SSSR count). The van der Waals surface area contributed by atoms with Crippen LogP contribution in [0.3, 0.4) is 0 Å². The molecule has 1 atom stereocenters. The SMILES string of the molecule is CCn1nc(C)cc1C(O)c1ccsc1C. The van der Waals surface area contributed by atoms with E-state index < -0.39 is 6.10 Å². The molecule has 0 aliphatic rings. The zero-order valence-electron chi connectivity index (χ0n) is 9.77. The highest BCUT2D eigenvalue weighted by Crippen LogP contribution is 2.28. The van der Waals surface area contributed by atoms with Crippen molar-refractivity contribution in [1.82, 2.24) is 9.78 Å². The molecule has 3 nitrogen and oxygen atoms in total. The van der Waals surface area contributed by atoms with E-state index in [1.165, 1.54) is 0 Å². The van der Waals surface area contributed by atoms with Gasteiger partial charge in [-0.2, -0.15) is 5.10 Å². The minimum absolute atomic E-state index is 0.563. The minimum Gasteiger partial charge on any atom is -0.382 e. The molecule has 1 unspecified atom stereocenters. The Hall–Kier alpha value is -1.13. The fourth-order valence-corrected chi connectivity index (χ4v) is 2.61. The van der Waals surface area contributed by atoms with Crippen molar-refractivity contribution in [1.29, 1.82) is 0 Å². The van der Waals surface area contributed by atoms with Crippen molar-refractivity contribution in [2.75, 3.05) is 0 Å². The largest absolute Gasteiger partial charge is 0.382 e. The van der Waals surface area contributed by atoms with Gasteiger partial charge in [-0.05, 0) is 38.3 Å². The number of aliphatic hydroxyl groups excluding tert-OH is 1. The lowest BCUT2D eigenvalue weighted by Crippen LogP contribution is -2.09. The smallest absolute Gasteiger partial charge is 0.122 e. The van der Waals surface area contributed by atoms with Gasteiger partial charge in [-0.15, -0.1) is 11.3 Å². The number of nitrogens with zero attached hydrogens (tertiary/aromatic N) is 2. The van der Waals surface area contributed by atoms with Crippen LogP contribution in [-0.4, -0.2) is 14.9 Å². The Morgan fingerprint density at radius 1 is 1.50 bits per heavy atom. The molecular formula is C12H16N2OS. The van der Waals surface area contributed by atoms with Crippen molar-refractivity contribution in [2.24, 2.45) is 0 Å². The van der Waals surface area contributed by atoms with Crippen molar-refractivity contribution >= 4 is 11.3 Å². The van der Waals surface area contributed by atoms with Gasteiger partial charge >= 0.3 is 0 Å². The number of thiophene rings is 1. The number of aromatic nitrogens is 2. The zero-order valence-corrected chi connectivity index (χ0v) is 10.6. The van der Waals surface area contributed by atoms with Gasteiger partial charge in [0, 0.05) is 17.0 Å². The van der Waals surface area contributed by atoms with E-state index in [1.54, 1.807) is 11.3 Å². The Morgan fingerprint density at radius 2 is 2.25 bits per heavy atom. The summed E-state index contributed by atoms with van der Waals surface area (Å²) in [5.74, 6) is 0. The predicted octanol–water partition coefficient (Wildman–Crippen LogP) is 2.66. The monoisotopic (exact) mass is 236 g/mol. The lowest BCUT2D eigenvalue weighted by Gasteiger charge is -2.12. The Bertz CT molecular complexity index is 487. The molecule has 0 aromatic carbocycles. The summed E-state index contributed by atoms with van der Waals surface area (Å²) >= 11 is 1.66. The van der Waals surface area contributed by atoms with Crippen molar-refractivity contribution in [3.63, 3.8) is 0 Å². The standard InChI is InChI=1S/C12H16N2OS/c1-4-14-11(7-8(2)13-14)12(15)10-5-6-16-9(10)3/h5-7,12,15H,4H2,1-3H3. The van der Waals surface area contributed by atoms with Crippen LogP contribution in [0.2, 0.25) is 0 Å². The van der Waals surface area contributed by atoms with Crippen molar-refractivity contribution in [3.8, 4) is 0 Å². The molecule has 2 aromatic heterocycles. The fraction of sp³-hybridized carbons (Fsp3) is 0.417. The van der Waals surface area contributed by atoms with Crippen LogP contribution in [-0.2, 0) is 6.54 Å². The zero-order chi connectivity index (χ0) is 11.7. The molecule has 2 heterocycles. The van der Waals surface area contributed by atoms with Gasteiger partial charge in [0.25, 0.3) is 0 Å². The lowest BCUT2D eigenvalue weighted by molar-refractivity contribution is 0.208. The van der Waals surface area contributed by atoms with E-state index in [0.29, 0.717) is 0 Å². The molecule has 0 amide bonds. The molecule has 0 fully saturated rings. The van der Waals surface area contributed by atoms with E-state index in [-0.39, 0.29) is 0 Å². The summed E-state index contributed by atoms with van der Waals surface area (Å²) < 4.78 is 1.86. The van der Waals surface area contributed by atoms with Gasteiger partial charge in [-0.1, -0.05) is 0 Å². The maximum atomic E-state index is 10.3. The van der Waals surface area contributed by atoms with Crippen LogP contribution in [0.4, 0.5) is 0 Å². The second kappa shape index (κ2) is 4.39. The molecule has 0 aliphatic carbocycles. The van der Waals surface area contributed by atoms with E-state index in [9.17, 15) is 5.11 Å². The molecule has 0 aliphatic heterocycles. The summed E-state index contributed by atoms with van der Waals surface area (Å²) in [7, 11) is 0. The Kier molecular flexibility index (Phi) is 3.12. The minimum atomic E-state index is -0.563. The van der Waals surface area contributed by atoms with Gasteiger partial charge in [0.2, 0.25) is 0 Å². The third kappa shape index (κ3) is 1.90. The van der Waals surface area contributed by atoms with Crippen LogP contribution in [0.1, 0.15) is 34.9 Å². The molecule has 0 radical (unpaired) electrons. The van der Waals surface area contributed by atoms with E-state index >= 15 is 0 Å². The fourth-order valence-electron chi connectivity index (χ4n) is 1.88. The summed E-state index contributed by atoms with van der Waals surface area (Å²) in [5.41, 5.74) is 2.81. The summed E-state index contributed by atoms with van der Waals surface area (Å²) in [6.07, 6.45) is -0.563. The number of hydrogen-bond donors (Lipinski definition) is 1. The third-order valence-electron chi connectivity index (χ3n) is 2.71. The van der Waals surface area contributed by atoms with Crippen LogP contribution in [0.15, 0.2) is 17.5 Å². The van der Waals surface area contributed by atoms with Crippen LogP contribution < -0.4 is 0 Å². The maximum absolute atomic E-state index is 10.3. The highest BCUT2D eigenvalue weighted by molar-refractivity contribution is 7.10. The summed E-state index contributed by atoms with van der Waals surface area (Å²) in [6.45, 7) is 6.79. The molecule has 16 heavy (non-hydrogen) atoms. The number of hydrogen-bond acceptors (Lipinski definition) is 3. The molecule has 86 valence electrons. The van der Waals surface area contributed by atoms with Crippen LogP contribution in [0.5, 0.6) is 0 Å². The second-order valence-electron chi connectivity index (χ2n) is 3.86. The Balaban J connectivity index is 2.40. The molecule has 0 spiro atoms. The average Bonchev–Trinajstić information content (AvgIpc) is 2.83. The Labute approximate surface area is 99.4 Å². The van der Waals surface area contributed by atoms with E-state index in [4.69, 9.17) is 0 Å². The van der Waals surface area contributed by atoms with E-state index in [0.717, 1.165) is 28.4 Å². The predicted molar refractivity (Wildman–Crippen MR) is 65.8 cm³/mol. The summed E-state index contributed by atoms with van der Waals surface area (Å²) in [5, 5.41) is 16.7. The van der Waals surface area contributed by atoms with Crippen molar-refractivity contribution in [2.45, 2.75) is 33.4 Å². The molecular weight excluding hydrogens is 220 g/mol. The average molecular weight is 236 g/mol. The normalized spacial score (nSPS) is 13.0. The van der Waals surface area contributed by atoms with Crippen molar-refractivity contribution < 1.29 is 5.11 Å². The molecule has 2 aromatic rings. The lowest BCUT2D eigenvalue weighted by atomic mass is 10.1. The highest BCUT2D eigenvalue weighted by atomic mass is 32.1. The molecule has 4 heteroatoms. The molecule has 0 saturated heterocycles. The van der Waals surface area contributed by atoms with Crippen LogP contribution in [0, 0.1) is 13.8 Å². The maximum Gasteiger partial charge on any atom is 0.122 e. The van der Waals surface area contributed by atoms with Gasteiger partial charge in [-0.3, -0.25) is 4.68 Å². The first-order valence-electron chi connectivity index (χ1n) is 5.40. The second-order valence-corrected chi connectivity index (χ2v) is 4.98. The summed E-state index contributed by atoms with van der Waals surface area (Å²) in [6, 6.07) is 3.93. The summed E-state index contributed by atoms with van der Waals surface area (Å²) in [4.78, 5) is 1.16. The quantitative estimate of drug-likeness (QED) is 0.889. The van der Waals surface area contributed by atoms with Crippen LogP contribution >= 0.6 is 11.3 Å².